The van der Waals surface area contributed by atoms with E-state index in [1.54, 1.807) is 0 Å². The summed E-state index contributed by atoms with van der Waals surface area (Å²) in [6, 6.07) is 49.8. The van der Waals surface area contributed by atoms with Gasteiger partial charge in [0.2, 0.25) is 0 Å². The number of hydrogen-bond acceptors (Lipinski definition) is 3. The van der Waals surface area contributed by atoms with E-state index in [1.807, 2.05) is 34.0 Å². The molecule has 3 heteroatoms. The van der Waals surface area contributed by atoms with E-state index in [9.17, 15) is 0 Å². The van der Waals surface area contributed by atoms with Gasteiger partial charge >= 0.3 is 0 Å². The molecule has 0 saturated carbocycles. The highest BCUT2D eigenvalue weighted by atomic mass is 32.1. The predicted molar refractivity (Wildman–Crippen MR) is 193 cm³/mol. The molecule has 10 rings (SSSR count). The van der Waals surface area contributed by atoms with Crippen molar-refractivity contribution in [2.75, 3.05) is 0 Å². The second-order valence-electron chi connectivity index (χ2n) is 11.4. The molecule has 0 aliphatic carbocycles. The molecule has 200 valence electrons. The zero-order valence-corrected chi connectivity index (χ0v) is 25.4. The molecule has 10 aromatic rings. The van der Waals surface area contributed by atoms with Crippen LogP contribution in [0.1, 0.15) is 0 Å². The average Bonchev–Trinajstić information content (AvgIpc) is 3.73. The summed E-state index contributed by atoms with van der Waals surface area (Å²) in [5, 5.41) is 11.9. The third-order valence-electron chi connectivity index (χ3n) is 8.77. The van der Waals surface area contributed by atoms with Crippen molar-refractivity contribution < 1.29 is 0 Å². The van der Waals surface area contributed by atoms with Crippen molar-refractivity contribution in [1.29, 1.82) is 0 Å². The highest BCUT2D eigenvalue weighted by Crippen LogP contribution is 2.47. The van der Waals surface area contributed by atoms with Crippen molar-refractivity contribution in [3.63, 3.8) is 0 Å². The summed E-state index contributed by atoms with van der Waals surface area (Å²) in [5.74, 6) is 0. The SMILES string of the molecule is c1ccc(-c2ccc3cc4cc(-c5ccc6cc7sc8c9cc%10ccccc%10cc9sc8c7cc6c5)sc4cc3c2)cc1. The topological polar surface area (TPSA) is 0 Å². The fraction of sp³-hybridized carbons (Fsp3) is 0. The van der Waals surface area contributed by atoms with Crippen molar-refractivity contribution >= 4 is 106 Å². The summed E-state index contributed by atoms with van der Waals surface area (Å²) in [4.78, 5) is 1.32. The van der Waals surface area contributed by atoms with E-state index in [4.69, 9.17) is 0 Å². The van der Waals surface area contributed by atoms with Crippen LogP contribution in [-0.2, 0) is 0 Å². The average molecular weight is 599 g/mol. The zero-order valence-electron chi connectivity index (χ0n) is 22.9. The summed E-state index contributed by atoms with van der Waals surface area (Å²) in [5.41, 5.74) is 3.81. The summed E-state index contributed by atoms with van der Waals surface area (Å²) >= 11 is 5.77. The van der Waals surface area contributed by atoms with Crippen LogP contribution in [0.15, 0.2) is 133 Å². The van der Waals surface area contributed by atoms with Gasteiger partial charge in [0.1, 0.15) is 0 Å². The van der Waals surface area contributed by atoms with Crippen LogP contribution in [0.4, 0.5) is 0 Å². The molecule has 0 spiro atoms. The molecule has 0 aliphatic heterocycles. The second-order valence-corrected chi connectivity index (χ2v) is 14.6. The van der Waals surface area contributed by atoms with E-state index in [0.29, 0.717) is 0 Å². The molecule has 0 N–H and O–H groups in total. The van der Waals surface area contributed by atoms with Crippen LogP contribution in [0, 0.1) is 0 Å². The van der Waals surface area contributed by atoms with Crippen LogP contribution in [-0.4, -0.2) is 0 Å². The van der Waals surface area contributed by atoms with Crippen LogP contribution in [0.25, 0.3) is 93.5 Å². The van der Waals surface area contributed by atoms with E-state index in [0.717, 1.165) is 0 Å². The zero-order chi connectivity index (χ0) is 28.1. The van der Waals surface area contributed by atoms with E-state index in [-0.39, 0.29) is 0 Å². The van der Waals surface area contributed by atoms with Crippen molar-refractivity contribution in [3.05, 3.63) is 133 Å². The Morgan fingerprint density at radius 1 is 0.302 bits per heavy atom. The maximum absolute atomic E-state index is 2.43. The second kappa shape index (κ2) is 8.98. The fourth-order valence-electron chi connectivity index (χ4n) is 6.58. The molecule has 0 fully saturated rings. The summed E-state index contributed by atoms with van der Waals surface area (Å²) in [7, 11) is 0. The number of hydrogen-bond donors (Lipinski definition) is 0. The van der Waals surface area contributed by atoms with Gasteiger partial charge in [-0.25, -0.2) is 0 Å². The molecule has 3 aromatic heterocycles. The number of thiophene rings is 3. The van der Waals surface area contributed by atoms with Gasteiger partial charge in [-0.15, -0.1) is 34.0 Å². The fourth-order valence-corrected chi connectivity index (χ4v) is 10.4. The largest absolute Gasteiger partial charge is 0.135 e. The maximum atomic E-state index is 2.43. The van der Waals surface area contributed by atoms with Crippen LogP contribution >= 0.6 is 34.0 Å². The van der Waals surface area contributed by atoms with Crippen LogP contribution < -0.4 is 0 Å². The molecule has 0 saturated heterocycles. The first kappa shape index (κ1) is 24.0. The van der Waals surface area contributed by atoms with Crippen molar-refractivity contribution in [2.24, 2.45) is 0 Å². The minimum Gasteiger partial charge on any atom is -0.135 e. The van der Waals surface area contributed by atoms with Gasteiger partial charge in [-0.05, 0) is 109 Å². The van der Waals surface area contributed by atoms with Crippen LogP contribution in [0.5, 0.6) is 0 Å². The Bertz CT molecular complexity index is 2720. The first-order valence-electron chi connectivity index (χ1n) is 14.5. The third kappa shape index (κ3) is 3.72. The monoisotopic (exact) mass is 598 g/mol. The quantitative estimate of drug-likeness (QED) is 0.186. The van der Waals surface area contributed by atoms with E-state index < -0.39 is 0 Å². The highest BCUT2D eigenvalue weighted by molar-refractivity contribution is 7.36. The molecule has 0 bridgehead atoms. The molecule has 0 atom stereocenters. The molecule has 0 amide bonds. The van der Waals surface area contributed by atoms with Gasteiger partial charge in [-0.3, -0.25) is 0 Å². The van der Waals surface area contributed by atoms with Gasteiger partial charge in [0.05, 0.1) is 9.40 Å². The van der Waals surface area contributed by atoms with E-state index >= 15 is 0 Å². The van der Waals surface area contributed by atoms with Crippen molar-refractivity contribution in [3.8, 4) is 21.6 Å². The lowest BCUT2D eigenvalue weighted by atomic mass is 10.0. The summed E-state index contributed by atoms with van der Waals surface area (Å²) < 4.78 is 6.93. The minimum absolute atomic E-state index is 1.26. The van der Waals surface area contributed by atoms with Gasteiger partial charge in [0, 0.05) is 29.7 Å². The van der Waals surface area contributed by atoms with Gasteiger partial charge < -0.3 is 0 Å². The molecule has 0 nitrogen and oxygen atoms in total. The highest BCUT2D eigenvalue weighted by Gasteiger charge is 2.15. The van der Waals surface area contributed by atoms with E-state index in [1.165, 1.54) is 93.5 Å². The van der Waals surface area contributed by atoms with Crippen molar-refractivity contribution in [1.82, 2.24) is 0 Å². The molecule has 43 heavy (non-hydrogen) atoms. The van der Waals surface area contributed by atoms with Gasteiger partial charge in [0.15, 0.2) is 0 Å². The Labute approximate surface area is 259 Å². The Kier molecular flexibility index (Phi) is 5.00. The number of benzene rings is 7. The normalized spacial score (nSPS) is 12.2. The van der Waals surface area contributed by atoms with Crippen molar-refractivity contribution in [2.45, 2.75) is 0 Å². The summed E-state index contributed by atoms with van der Waals surface area (Å²) in [6.45, 7) is 0. The Balaban J connectivity index is 1.10. The molecule has 0 aliphatic rings. The third-order valence-corrected chi connectivity index (χ3v) is 12.4. The maximum Gasteiger partial charge on any atom is 0.0542 e. The Morgan fingerprint density at radius 3 is 1.63 bits per heavy atom. The van der Waals surface area contributed by atoms with Crippen LogP contribution in [0.3, 0.4) is 0 Å². The number of fused-ring (bicyclic) bond motifs is 9. The van der Waals surface area contributed by atoms with E-state index in [2.05, 4.69) is 133 Å². The molecule has 3 heterocycles. The molecule has 0 radical (unpaired) electrons. The van der Waals surface area contributed by atoms with Crippen LogP contribution in [0.2, 0.25) is 0 Å². The standard InChI is InChI=1S/C40H22S3/c1-2-6-23(7-3-1)26-10-11-27-15-32-22-35(41-36(32)21-31(27)14-26)29-13-12-28-20-38-34(18-30(28)16-29)40-39(43-38)33-17-24-8-4-5-9-25(24)19-37(33)42-40/h1-22H. The van der Waals surface area contributed by atoms with Gasteiger partial charge in [0.25, 0.3) is 0 Å². The smallest absolute Gasteiger partial charge is 0.0542 e. The lowest BCUT2D eigenvalue weighted by molar-refractivity contribution is 1.65. The first-order chi connectivity index (χ1) is 21.2. The molecular formula is C40H22S3. The molecule has 0 unspecified atom stereocenters. The predicted octanol–water partition coefficient (Wildman–Crippen LogP) is 13.3. The Morgan fingerprint density at radius 2 is 0.860 bits per heavy atom. The Hall–Kier alpha value is -4.54. The first-order valence-corrected chi connectivity index (χ1v) is 16.9. The lowest BCUT2D eigenvalue weighted by Gasteiger charge is -2.04. The lowest BCUT2D eigenvalue weighted by Crippen LogP contribution is -1.78. The van der Waals surface area contributed by atoms with Gasteiger partial charge in [-0.1, -0.05) is 78.9 Å². The molecule has 7 aromatic carbocycles. The summed E-state index contributed by atoms with van der Waals surface area (Å²) in [6.07, 6.45) is 0. The van der Waals surface area contributed by atoms with Gasteiger partial charge in [-0.2, -0.15) is 0 Å². The number of rotatable bonds is 2. The molecular weight excluding hydrogens is 577 g/mol. The minimum atomic E-state index is 1.26.